The van der Waals surface area contributed by atoms with Gasteiger partial charge in [0.1, 0.15) is 0 Å². The summed E-state index contributed by atoms with van der Waals surface area (Å²) in [6, 6.07) is 18.5. The van der Waals surface area contributed by atoms with Crippen LogP contribution in [0.3, 0.4) is 0 Å². The third-order valence-corrected chi connectivity index (χ3v) is 5.75. The number of carbonyl (C=O) groups excluding carboxylic acids is 1. The highest BCUT2D eigenvalue weighted by Gasteiger charge is 2.18. The number of benzene rings is 2. The molecule has 4 nitrogen and oxygen atoms in total. The van der Waals surface area contributed by atoms with Gasteiger partial charge in [-0.15, -0.1) is 0 Å². The van der Waals surface area contributed by atoms with Gasteiger partial charge in [-0.05, 0) is 43.0 Å². The Labute approximate surface area is 187 Å². The minimum absolute atomic E-state index is 0.108. The molecule has 4 heteroatoms. The molecule has 3 rings (SSSR count). The highest BCUT2D eigenvalue weighted by atomic mass is 16.5. The summed E-state index contributed by atoms with van der Waals surface area (Å²) in [5.41, 5.74) is 4.43. The smallest absolute Gasteiger partial charge is 0.254 e. The summed E-state index contributed by atoms with van der Waals surface area (Å²) in [4.78, 5) is 17.8. The molecule has 0 unspecified atom stereocenters. The lowest BCUT2D eigenvalue weighted by Crippen LogP contribution is -2.43. The van der Waals surface area contributed by atoms with Gasteiger partial charge in [-0.3, -0.25) is 9.69 Å². The molecular weight excluding hydrogens is 384 g/mol. The fraction of sp³-hybridized carbons (Fsp3) is 0.444. The first-order valence-electron chi connectivity index (χ1n) is 11.6. The van der Waals surface area contributed by atoms with Gasteiger partial charge < -0.3 is 9.64 Å². The lowest BCUT2D eigenvalue weighted by atomic mass is 10.1. The first-order chi connectivity index (χ1) is 15.2. The number of carbonyl (C=O) groups is 1. The van der Waals surface area contributed by atoms with Crippen molar-refractivity contribution >= 4 is 12.0 Å². The van der Waals surface area contributed by atoms with Crippen LogP contribution in [-0.2, 0) is 11.2 Å². The van der Waals surface area contributed by atoms with Crippen molar-refractivity contribution in [2.75, 3.05) is 45.9 Å². The van der Waals surface area contributed by atoms with E-state index >= 15 is 0 Å². The molecule has 0 N–H and O–H groups in total. The van der Waals surface area contributed by atoms with Gasteiger partial charge >= 0.3 is 0 Å². The van der Waals surface area contributed by atoms with Crippen LogP contribution in [-0.4, -0.2) is 61.6 Å². The molecular formula is C27H36N2O2. The maximum Gasteiger partial charge on any atom is 0.254 e. The van der Waals surface area contributed by atoms with Crippen LogP contribution in [0, 0.1) is 0 Å². The Bertz CT molecular complexity index is 824. The number of unbranched alkanes of at least 4 members (excludes halogenated alkanes) is 1. The number of amides is 1. The van der Waals surface area contributed by atoms with E-state index in [0.717, 1.165) is 51.4 Å². The van der Waals surface area contributed by atoms with Crippen molar-refractivity contribution < 1.29 is 9.53 Å². The van der Waals surface area contributed by atoms with Crippen molar-refractivity contribution in [2.24, 2.45) is 0 Å². The van der Waals surface area contributed by atoms with Crippen LogP contribution in [0.4, 0.5) is 0 Å². The Balaban J connectivity index is 1.70. The number of rotatable bonds is 10. The maximum absolute atomic E-state index is 13.4. The van der Waals surface area contributed by atoms with E-state index in [9.17, 15) is 4.79 Å². The number of aryl methyl sites for hydroxylation is 1. The minimum atomic E-state index is 0.108. The van der Waals surface area contributed by atoms with Gasteiger partial charge in [-0.2, -0.15) is 0 Å². The average Bonchev–Trinajstić information content (AvgIpc) is 2.81. The van der Waals surface area contributed by atoms with E-state index in [1.54, 1.807) is 0 Å². The number of hydrogen-bond acceptors (Lipinski definition) is 3. The largest absolute Gasteiger partial charge is 0.379 e. The molecule has 1 fully saturated rings. The average molecular weight is 421 g/mol. The van der Waals surface area contributed by atoms with Crippen LogP contribution in [0.1, 0.15) is 48.2 Å². The molecule has 0 saturated carbocycles. The summed E-state index contributed by atoms with van der Waals surface area (Å²) in [5, 5.41) is 0. The van der Waals surface area contributed by atoms with E-state index in [-0.39, 0.29) is 5.91 Å². The molecule has 1 aliphatic heterocycles. The van der Waals surface area contributed by atoms with Crippen molar-refractivity contribution in [3.8, 4) is 0 Å². The second-order valence-electron chi connectivity index (χ2n) is 8.38. The molecule has 0 radical (unpaired) electrons. The summed E-state index contributed by atoms with van der Waals surface area (Å²) < 4.78 is 5.46. The minimum Gasteiger partial charge on any atom is -0.379 e. The predicted octanol–water partition coefficient (Wildman–Crippen LogP) is 4.91. The van der Waals surface area contributed by atoms with Crippen molar-refractivity contribution in [3.05, 3.63) is 76.9 Å². The summed E-state index contributed by atoms with van der Waals surface area (Å²) in [5.74, 6) is 0.108. The molecule has 2 aromatic carbocycles. The van der Waals surface area contributed by atoms with E-state index in [0.29, 0.717) is 6.54 Å². The molecule has 0 aliphatic carbocycles. The van der Waals surface area contributed by atoms with Gasteiger partial charge in [0, 0.05) is 38.3 Å². The molecule has 0 spiro atoms. The molecule has 1 amide bonds. The molecule has 0 bridgehead atoms. The second kappa shape index (κ2) is 12.4. The Morgan fingerprint density at radius 2 is 1.77 bits per heavy atom. The summed E-state index contributed by atoms with van der Waals surface area (Å²) >= 11 is 0. The van der Waals surface area contributed by atoms with Crippen LogP contribution in [0.15, 0.2) is 60.2 Å². The molecule has 166 valence electrons. The molecule has 0 atom stereocenters. The third kappa shape index (κ3) is 7.64. The second-order valence-corrected chi connectivity index (χ2v) is 8.38. The molecule has 1 saturated heterocycles. The first kappa shape index (κ1) is 23.2. The lowest BCUT2D eigenvalue weighted by molar-refractivity contribution is 0.0330. The number of morpholine rings is 1. The fourth-order valence-electron chi connectivity index (χ4n) is 3.90. The summed E-state index contributed by atoms with van der Waals surface area (Å²) in [6.07, 6.45) is 5.61. The summed E-state index contributed by atoms with van der Waals surface area (Å²) in [6.45, 7) is 9.97. The zero-order valence-electron chi connectivity index (χ0n) is 19.1. The highest BCUT2D eigenvalue weighted by Crippen LogP contribution is 2.14. The lowest BCUT2D eigenvalue weighted by Gasteiger charge is -2.30. The fourth-order valence-corrected chi connectivity index (χ4v) is 3.90. The molecule has 31 heavy (non-hydrogen) atoms. The zero-order valence-corrected chi connectivity index (χ0v) is 19.1. The van der Waals surface area contributed by atoms with E-state index in [1.807, 2.05) is 35.2 Å². The highest BCUT2D eigenvalue weighted by molar-refractivity contribution is 5.94. The summed E-state index contributed by atoms with van der Waals surface area (Å²) in [7, 11) is 0. The number of nitrogens with zero attached hydrogens (tertiary/aromatic N) is 2. The third-order valence-electron chi connectivity index (χ3n) is 5.75. The number of ether oxygens (including phenoxy) is 1. The SMILES string of the molecule is CCCCc1ccc(C(=O)N(CCN2CCOCC2)CC(C)=Cc2ccccc2)cc1. The topological polar surface area (TPSA) is 32.8 Å². The number of hydrogen-bond donors (Lipinski definition) is 0. The van der Waals surface area contributed by atoms with E-state index in [1.165, 1.54) is 29.5 Å². The monoisotopic (exact) mass is 420 g/mol. The molecule has 0 aromatic heterocycles. The van der Waals surface area contributed by atoms with Gasteiger partial charge in [0.15, 0.2) is 0 Å². The van der Waals surface area contributed by atoms with Gasteiger partial charge in [0.05, 0.1) is 13.2 Å². The zero-order chi connectivity index (χ0) is 21.9. The Hall–Kier alpha value is -2.43. The van der Waals surface area contributed by atoms with Crippen molar-refractivity contribution in [1.82, 2.24) is 9.80 Å². The van der Waals surface area contributed by atoms with E-state index in [4.69, 9.17) is 4.74 Å². The molecule has 1 heterocycles. The maximum atomic E-state index is 13.4. The van der Waals surface area contributed by atoms with Gasteiger partial charge in [-0.25, -0.2) is 0 Å². The Kier molecular flexibility index (Phi) is 9.32. The molecule has 2 aromatic rings. The van der Waals surface area contributed by atoms with E-state index < -0.39 is 0 Å². The quantitative estimate of drug-likeness (QED) is 0.548. The van der Waals surface area contributed by atoms with Crippen LogP contribution in [0.25, 0.3) is 6.08 Å². The van der Waals surface area contributed by atoms with Crippen molar-refractivity contribution in [3.63, 3.8) is 0 Å². The first-order valence-corrected chi connectivity index (χ1v) is 11.6. The van der Waals surface area contributed by atoms with Gasteiger partial charge in [0.25, 0.3) is 5.91 Å². The van der Waals surface area contributed by atoms with Crippen LogP contribution >= 0.6 is 0 Å². The van der Waals surface area contributed by atoms with Crippen molar-refractivity contribution in [1.29, 1.82) is 0 Å². The van der Waals surface area contributed by atoms with Gasteiger partial charge in [0.2, 0.25) is 0 Å². The van der Waals surface area contributed by atoms with Gasteiger partial charge in [-0.1, -0.05) is 67.5 Å². The molecule has 1 aliphatic rings. The van der Waals surface area contributed by atoms with Crippen LogP contribution in [0.5, 0.6) is 0 Å². The Morgan fingerprint density at radius 1 is 1.06 bits per heavy atom. The Morgan fingerprint density at radius 3 is 2.45 bits per heavy atom. The van der Waals surface area contributed by atoms with Crippen LogP contribution < -0.4 is 0 Å². The normalized spacial score (nSPS) is 15.1. The predicted molar refractivity (Wildman–Crippen MR) is 128 cm³/mol. The van der Waals surface area contributed by atoms with Crippen molar-refractivity contribution in [2.45, 2.75) is 33.1 Å². The van der Waals surface area contributed by atoms with E-state index in [2.05, 4.69) is 49.1 Å². The standard InChI is InChI=1S/C27H36N2O2/c1-3-4-8-24-11-13-26(14-12-24)27(30)29(16-15-28-17-19-31-20-18-28)22-23(2)21-25-9-6-5-7-10-25/h5-7,9-14,21H,3-4,8,15-20,22H2,1-2H3. The van der Waals surface area contributed by atoms with Crippen LogP contribution in [0.2, 0.25) is 0 Å².